The van der Waals surface area contributed by atoms with Crippen LogP contribution in [0.5, 0.6) is 11.8 Å². The molecule has 3 aromatic carbocycles. The van der Waals surface area contributed by atoms with Gasteiger partial charge in [-0.05, 0) is 54.4 Å². The normalized spacial score (nSPS) is 11.3. The predicted molar refractivity (Wildman–Crippen MR) is 131 cm³/mol. The highest BCUT2D eigenvalue weighted by molar-refractivity contribution is 6.34. The molecule has 0 radical (unpaired) electrons. The first-order valence-electron chi connectivity index (χ1n) is 10.0. The van der Waals surface area contributed by atoms with E-state index in [0.29, 0.717) is 27.7 Å². The Morgan fingerprint density at radius 1 is 1.11 bits per heavy atom. The first-order chi connectivity index (χ1) is 15.9. The number of aryl methyl sites for hydroxylation is 1. The molecule has 0 amide bonds. The van der Waals surface area contributed by atoms with Crippen molar-refractivity contribution in [1.29, 1.82) is 0 Å². The number of rotatable bonds is 5. The number of hydrogen-bond acceptors (Lipinski definition) is 4. The summed E-state index contributed by atoms with van der Waals surface area (Å²) < 4.78 is 46.6. The minimum Gasteiger partial charge on any atom is -0.478 e. The summed E-state index contributed by atoms with van der Waals surface area (Å²) in [4.78, 5) is 20.0. The second-order valence-corrected chi connectivity index (χ2v) is 8.31. The van der Waals surface area contributed by atoms with Crippen molar-refractivity contribution in [3.8, 4) is 22.9 Å². The Bertz CT molecular complexity index is 1420. The number of halogens is 5. The molecular weight excluding hydrogens is 506 g/mol. The van der Waals surface area contributed by atoms with Crippen LogP contribution >= 0.6 is 24.0 Å². The zero-order valence-electron chi connectivity index (χ0n) is 18.7. The quantitative estimate of drug-likeness (QED) is 0.288. The van der Waals surface area contributed by atoms with Crippen LogP contribution in [0.25, 0.3) is 22.2 Å². The van der Waals surface area contributed by atoms with E-state index in [0.717, 1.165) is 6.07 Å². The lowest BCUT2D eigenvalue weighted by Gasteiger charge is -2.20. The molecule has 4 aromatic rings. The molecular formula is C24H20Cl2F3N3O3. The van der Waals surface area contributed by atoms with Gasteiger partial charge in [-0.15, -0.1) is 12.4 Å². The molecule has 184 valence electrons. The molecule has 4 rings (SSSR count). The van der Waals surface area contributed by atoms with E-state index in [4.69, 9.17) is 16.3 Å². The van der Waals surface area contributed by atoms with Crippen LogP contribution in [0.4, 0.5) is 18.9 Å². The molecule has 2 N–H and O–H groups in total. The Kier molecular flexibility index (Phi) is 7.23. The van der Waals surface area contributed by atoms with E-state index < -0.39 is 17.7 Å². The first-order valence-corrected chi connectivity index (χ1v) is 10.4. The molecule has 0 aliphatic carbocycles. The number of alkyl halides is 3. The van der Waals surface area contributed by atoms with Crippen LogP contribution in [-0.2, 0) is 6.18 Å². The maximum atomic E-state index is 13.6. The average Bonchev–Trinajstić information content (AvgIpc) is 3.14. The maximum Gasteiger partial charge on any atom is 0.418 e. The number of imidazole rings is 1. The number of nitrogens with one attached hydrogen (secondary N) is 1. The smallest absolute Gasteiger partial charge is 0.418 e. The number of H-pyrrole nitrogens is 1. The van der Waals surface area contributed by atoms with Gasteiger partial charge in [0.1, 0.15) is 5.75 Å². The summed E-state index contributed by atoms with van der Waals surface area (Å²) >= 11 is 6.40. The lowest BCUT2D eigenvalue weighted by Crippen LogP contribution is -2.16. The number of carbonyl (C=O) groups is 1. The lowest BCUT2D eigenvalue weighted by molar-refractivity contribution is -0.137. The van der Waals surface area contributed by atoms with Crippen molar-refractivity contribution in [2.75, 3.05) is 19.0 Å². The fraction of sp³-hybridized carbons (Fsp3) is 0.167. The molecule has 0 aliphatic rings. The molecule has 0 spiro atoms. The van der Waals surface area contributed by atoms with Crippen LogP contribution in [0.1, 0.15) is 21.5 Å². The van der Waals surface area contributed by atoms with Crippen molar-refractivity contribution < 1.29 is 27.8 Å². The summed E-state index contributed by atoms with van der Waals surface area (Å²) in [7, 11) is 3.09. The first kappa shape index (κ1) is 26.2. The highest BCUT2D eigenvalue weighted by Gasteiger charge is 2.34. The molecule has 0 unspecified atom stereocenters. The van der Waals surface area contributed by atoms with E-state index in [1.165, 1.54) is 17.0 Å². The Morgan fingerprint density at radius 3 is 2.46 bits per heavy atom. The Hall–Kier alpha value is -3.43. The average molecular weight is 526 g/mol. The molecule has 6 nitrogen and oxygen atoms in total. The van der Waals surface area contributed by atoms with Gasteiger partial charge in [-0.3, -0.25) is 0 Å². The number of aromatic nitrogens is 2. The third kappa shape index (κ3) is 5.31. The van der Waals surface area contributed by atoms with Crippen molar-refractivity contribution in [3.05, 3.63) is 70.2 Å². The standard InChI is InChI=1S/C24H19ClF3N3O3.ClH/c1-12-4-6-14(9-15(12)22(32)33)34-23-29-19-10-16(18(25)11-20(19)30-23)13-5-7-21(31(2)3)17(8-13)24(26,27)28;/h4-11H,1-3H3,(H,29,30)(H,32,33);1H. The van der Waals surface area contributed by atoms with Crippen LogP contribution in [-0.4, -0.2) is 35.1 Å². The number of fused-ring (bicyclic) bond motifs is 1. The van der Waals surface area contributed by atoms with Gasteiger partial charge in [0.2, 0.25) is 0 Å². The van der Waals surface area contributed by atoms with Crippen LogP contribution in [0.2, 0.25) is 5.02 Å². The van der Waals surface area contributed by atoms with Crippen LogP contribution in [0.3, 0.4) is 0 Å². The van der Waals surface area contributed by atoms with Crippen molar-refractivity contribution >= 4 is 46.7 Å². The lowest BCUT2D eigenvalue weighted by atomic mass is 10.0. The highest BCUT2D eigenvalue weighted by Crippen LogP contribution is 2.40. The Morgan fingerprint density at radius 2 is 1.83 bits per heavy atom. The molecule has 1 aromatic heterocycles. The molecule has 0 saturated carbocycles. The molecule has 11 heteroatoms. The molecule has 35 heavy (non-hydrogen) atoms. The Balaban J connectivity index is 0.00000342. The SMILES string of the molecule is Cc1ccc(Oc2nc3cc(-c4ccc(N(C)C)c(C(F)(F)F)c4)c(Cl)cc3[nH]2)cc1C(=O)O.Cl. The third-order valence-corrected chi connectivity index (χ3v) is 5.61. The second kappa shape index (κ2) is 9.67. The van der Waals surface area contributed by atoms with Gasteiger partial charge in [-0.25, -0.2) is 4.79 Å². The number of benzene rings is 3. The van der Waals surface area contributed by atoms with E-state index in [1.807, 2.05) is 0 Å². The number of nitrogens with zero attached hydrogens (tertiary/aromatic N) is 2. The minimum absolute atomic E-state index is 0. The summed E-state index contributed by atoms with van der Waals surface area (Å²) in [5.74, 6) is -0.815. The topological polar surface area (TPSA) is 78.5 Å². The summed E-state index contributed by atoms with van der Waals surface area (Å²) in [5.41, 5.74) is 1.56. The summed E-state index contributed by atoms with van der Waals surface area (Å²) in [6, 6.07) is 11.9. The maximum absolute atomic E-state index is 13.6. The summed E-state index contributed by atoms with van der Waals surface area (Å²) in [5, 5.41) is 9.52. The zero-order chi connectivity index (χ0) is 24.8. The second-order valence-electron chi connectivity index (χ2n) is 7.90. The number of anilines is 1. The zero-order valence-corrected chi connectivity index (χ0v) is 20.3. The van der Waals surface area contributed by atoms with Crippen molar-refractivity contribution in [2.24, 2.45) is 0 Å². The summed E-state index contributed by atoms with van der Waals surface area (Å²) in [6.45, 7) is 1.67. The summed E-state index contributed by atoms with van der Waals surface area (Å²) in [6.07, 6.45) is -4.54. The van der Waals surface area contributed by atoms with Crippen molar-refractivity contribution in [2.45, 2.75) is 13.1 Å². The number of ether oxygens (including phenoxy) is 1. The van der Waals surface area contributed by atoms with Gasteiger partial charge in [0.25, 0.3) is 6.01 Å². The Labute approximate surface area is 209 Å². The molecule has 0 bridgehead atoms. The number of carboxylic acid groups (broad SMARTS) is 1. The van der Waals surface area contributed by atoms with Crippen LogP contribution in [0.15, 0.2) is 48.5 Å². The van der Waals surface area contributed by atoms with Gasteiger partial charge in [0.15, 0.2) is 0 Å². The van der Waals surface area contributed by atoms with E-state index in [-0.39, 0.29) is 40.4 Å². The number of aromatic amines is 1. The molecule has 0 saturated heterocycles. The fourth-order valence-corrected chi connectivity index (χ4v) is 3.88. The van der Waals surface area contributed by atoms with Gasteiger partial charge >= 0.3 is 12.1 Å². The van der Waals surface area contributed by atoms with Crippen molar-refractivity contribution in [1.82, 2.24) is 9.97 Å². The van der Waals surface area contributed by atoms with Gasteiger partial charge in [0, 0.05) is 25.3 Å². The van der Waals surface area contributed by atoms with E-state index in [1.54, 1.807) is 51.4 Å². The molecule has 0 atom stereocenters. The number of hydrogen-bond donors (Lipinski definition) is 2. The van der Waals surface area contributed by atoms with E-state index in [2.05, 4.69) is 9.97 Å². The van der Waals surface area contributed by atoms with Gasteiger partial charge in [0.05, 0.1) is 27.2 Å². The predicted octanol–water partition coefficient (Wildman–Crippen LogP) is 7.19. The molecule has 0 aliphatic heterocycles. The molecule has 0 fully saturated rings. The molecule has 1 heterocycles. The van der Waals surface area contributed by atoms with Crippen molar-refractivity contribution in [3.63, 3.8) is 0 Å². The minimum atomic E-state index is -4.54. The van der Waals surface area contributed by atoms with Crippen LogP contribution < -0.4 is 9.64 Å². The van der Waals surface area contributed by atoms with E-state index in [9.17, 15) is 23.1 Å². The highest BCUT2D eigenvalue weighted by atomic mass is 35.5. The third-order valence-electron chi connectivity index (χ3n) is 5.30. The van der Waals surface area contributed by atoms with Gasteiger partial charge in [-0.1, -0.05) is 23.7 Å². The largest absolute Gasteiger partial charge is 0.478 e. The number of carboxylic acids is 1. The van der Waals surface area contributed by atoms with Crippen LogP contribution in [0, 0.1) is 6.92 Å². The van der Waals surface area contributed by atoms with Gasteiger partial charge < -0.3 is 19.7 Å². The fourth-order valence-electron chi connectivity index (χ4n) is 3.60. The number of aromatic carboxylic acids is 1. The van der Waals surface area contributed by atoms with E-state index >= 15 is 0 Å². The van der Waals surface area contributed by atoms with Gasteiger partial charge in [-0.2, -0.15) is 18.2 Å². The monoisotopic (exact) mass is 525 g/mol.